The number of rotatable bonds is 2. The van der Waals surface area contributed by atoms with Gasteiger partial charge in [0.1, 0.15) is 5.75 Å². The highest BCUT2D eigenvalue weighted by Gasteiger charge is 1.96. The second-order valence-corrected chi connectivity index (χ2v) is 2.57. The number of nitrogens with one attached hydrogen (secondary N) is 1. The van der Waals surface area contributed by atoms with Gasteiger partial charge in [0.2, 0.25) is 0 Å². The SMILES string of the molecule is CNc1cc(Cl)cc(OC)c1. The Bertz CT molecular complexity index is 228. The highest BCUT2D eigenvalue weighted by atomic mass is 35.5. The van der Waals surface area contributed by atoms with Gasteiger partial charge in [-0.1, -0.05) is 11.6 Å². The molecule has 0 heterocycles. The number of anilines is 1. The van der Waals surface area contributed by atoms with Crippen LogP contribution in [-0.2, 0) is 0 Å². The Morgan fingerprint density at radius 1 is 1.36 bits per heavy atom. The number of ether oxygens (including phenoxy) is 1. The lowest BCUT2D eigenvalue weighted by atomic mass is 10.3. The fourth-order valence-corrected chi connectivity index (χ4v) is 1.05. The van der Waals surface area contributed by atoms with Crippen LogP contribution in [0.5, 0.6) is 5.75 Å². The third-order valence-electron chi connectivity index (χ3n) is 1.40. The van der Waals surface area contributed by atoms with Gasteiger partial charge in [0.25, 0.3) is 0 Å². The molecule has 2 nitrogen and oxygen atoms in total. The summed E-state index contributed by atoms with van der Waals surface area (Å²) in [4.78, 5) is 0. The molecule has 0 aliphatic carbocycles. The summed E-state index contributed by atoms with van der Waals surface area (Å²) in [7, 11) is 3.45. The third kappa shape index (κ3) is 2.02. The second kappa shape index (κ2) is 3.49. The second-order valence-electron chi connectivity index (χ2n) is 2.13. The quantitative estimate of drug-likeness (QED) is 0.738. The molecule has 1 aromatic rings. The van der Waals surface area contributed by atoms with Gasteiger partial charge in [-0.2, -0.15) is 0 Å². The Balaban J connectivity index is 3.02. The molecule has 0 amide bonds. The smallest absolute Gasteiger partial charge is 0.122 e. The van der Waals surface area contributed by atoms with Crippen molar-refractivity contribution >= 4 is 17.3 Å². The van der Waals surface area contributed by atoms with E-state index in [-0.39, 0.29) is 0 Å². The molecule has 0 unspecified atom stereocenters. The van der Waals surface area contributed by atoms with Gasteiger partial charge in [-0.05, 0) is 12.1 Å². The van der Waals surface area contributed by atoms with E-state index in [2.05, 4.69) is 5.32 Å². The third-order valence-corrected chi connectivity index (χ3v) is 1.61. The molecule has 60 valence electrons. The fourth-order valence-electron chi connectivity index (χ4n) is 0.825. The first-order valence-electron chi connectivity index (χ1n) is 3.28. The van der Waals surface area contributed by atoms with Crippen LogP contribution in [-0.4, -0.2) is 14.2 Å². The van der Waals surface area contributed by atoms with Crippen molar-refractivity contribution in [1.82, 2.24) is 0 Å². The molecule has 0 aromatic heterocycles. The summed E-state index contributed by atoms with van der Waals surface area (Å²) in [5, 5.41) is 3.65. The van der Waals surface area contributed by atoms with Gasteiger partial charge in [-0.3, -0.25) is 0 Å². The molecule has 0 bridgehead atoms. The molecule has 0 radical (unpaired) electrons. The van der Waals surface area contributed by atoms with Crippen molar-refractivity contribution in [3.8, 4) is 5.75 Å². The van der Waals surface area contributed by atoms with Crippen molar-refractivity contribution in [2.45, 2.75) is 0 Å². The number of hydrogen-bond acceptors (Lipinski definition) is 2. The van der Waals surface area contributed by atoms with Gasteiger partial charge in [0, 0.05) is 23.8 Å². The lowest BCUT2D eigenvalue weighted by molar-refractivity contribution is 0.415. The molecule has 0 fully saturated rings. The Hall–Kier alpha value is -0.890. The van der Waals surface area contributed by atoms with Crippen LogP contribution >= 0.6 is 11.6 Å². The van der Waals surface area contributed by atoms with E-state index >= 15 is 0 Å². The molecule has 11 heavy (non-hydrogen) atoms. The maximum atomic E-state index is 5.79. The van der Waals surface area contributed by atoms with Crippen LogP contribution in [0.2, 0.25) is 5.02 Å². The van der Waals surface area contributed by atoms with Gasteiger partial charge in [-0.25, -0.2) is 0 Å². The van der Waals surface area contributed by atoms with Gasteiger partial charge in [-0.15, -0.1) is 0 Å². The summed E-state index contributed by atoms with van der Waals surface area (Å²) in [5.41, 5.74) is 0.953. The predicted octanol–water partition coefficient (Wildman–Crippen LogP) is 2.39. The lowest BCUT2D eigenvalue weighted by Gasteiger charge is -2.04. The molecule has 0 aliphatic rings. The molecular formula is C8H10ClNO. The van der Waals surface area contributed by atoms with Crippen LogP contribution < -0.4 is 10.1 Å². The minimum absolute atomic E-state index is 0.675. The zero-order valence-corrected chi connectivity index (χ0v) is 7.27. The van der Waals surface area contributed by atoms with E-state index in [0.717, 1.165) is 11.4 Å². The van der Waals surface area contributed by atoms with Crippen molar-refractivity contribution in [3.63, 3.8) is 0 Å². The van der Waals surface area contributed by atoms with Crippen molar-refractivity contribution in [2.24, 2.45) is 0 Å². The van der Waals surface area contributed by atoms with E-state index in [0.29, 0.717) is 5.02 Å². The molecular weight excluding hydrogens is 162 g/mol. The van der Waals surface area contributed by atoms with Crippen molar-refractivity contribution in [1.29, 1.82) is 0 Å². The van der Waals surface area contributed by atoms with E-state index in [1.165, 1.54) is 0 Å². The van der Waals surface area contributed by atoms with Gasteiger partial charge >= 0.3 is 0 Å². The Morgan fingerprint density at radius 3 is 2.64 bits per heavy atom. The van der Waals surface area contributed by atoms with E-state index < -0.39 is 0 Å². The van der Waals surface area contributed by atoms with Crippen LogP contribution in [0.3, 0.4) is 0 Å². The van der Waals surface area contributed by atoms with Crippen LogP contribution in [0.15, 0.2) is 18.2 Å². The first-order chi connectivity index (χ1) is 5.26. The average Bonchev–Trinajstić information content (AvgIpc) is 2.03. The summed E-state index contributed by atoms with van der Waals surface area (Å²) in [5.74, 6) is 0.766. The first kappa shape index (κ1) is 8.21. The number of benzene rings is 1. The normalized spacial score (nSPS) is 9.36. The van der Waals surface area contributed by atoms with Gasteiger partial charge < -0.3 is 10.1 Å². The highest BCUT2D eigenvalue weighted by Crippen LogP contribution is 2.23. The molecule has 1 N–H and O–H groups in total. The topological polar surface area (TPSA) is 21.3 Å². The molecule has 1 aromatic carbocycles. The fraction of sp³-hybridized carbons (Fsp3) is 0.250. The van der Waals surface area contributed by atoms with Crippen LogP contribution in [0.1, 0.15) is 0 Å². The molecule has 0 spiro atoms. The summed E-state index contributed by atoms with van der Waals surface area (Å²) in [6.45, 7) is 0. The summed E-state index contributed by atoms with van der Waals surface area (Å²) in [6, 6.07) is 5.48. The average molecular weight is 172 g/mol. The van der Waals surface area contributed by atoms with Crippen LogP contribution in [0, 0.1) is 0 Å². The van der Waals surface area contributed by atoms with Crippen LogP contribution in [0.4, 0.5) is 5.69 Å². The Morgan fingerprint density at radius 2 is 2.09 bits per heavy atom. The lowest BCUT2D eigenvalue weighted by Crippen LogP contribution is -1.89. The van der Waals surface area contributed by atoms with Crippen molar-refractivity contribution in [3.05, 3.63) is 23.2 Å². The number of methoxy groups -OCH3 is 1. The minimum Gasteiger partial charge on any atom is -0.497 e. The summed E-state index contributed by atoms with van der Waals surface area (Å²) in [6.07, 6.45) is 0. The van der Waals surface area contributed by atoms with Gasteiger partial charge in [0.15, 0.2) is 0 Å². The molecule has 1 rings (SSSR count). The number of halogens is 1. The molecule has 0 saturated carbocycles. The maximum absolute atomic E-state index is 5.79. The molecule has 0 saturated heterocycles. The zero-order chi connectivity index (χ0) is 8.27. The largest absolute Gasteiger partial charge is 0.497 e. The summed E-state index contributed by atoms with van der Waals surface area (Å²) >= 11 is 5.79. The summed E-state index contributed by atoms with van der Waals surface area (Å²) < 4.78 is 5.01. The Labute approximate surface area is 71.1 Å². The van der Waals surface area contributed by atoms with Crippen LogP contribution in [0.25, 0.3) is 0 Å². The molecule has 0 aliphatic heterocycles. The van der Waals surface area contributed by atoms with E-state index in [1.807, 2.05) is 19.2 Å². The standard InChI is InChI=1S/C8H10ClNO/c1-10-7-3-6(9)4-8(5-7)11-2/h3-5,10H,1-2H3. The van der Waals surface area contributed by atoms with E-state index in [4.69, 9.17) is 16.3 Å². The first-order valence-corrected chi connectivity index (χ1v) is 3.66. The zero-order valence-electron chi connectivity index (χ0n) is 6.52. The van der Waals surface area contributed by atoms with E-state index in [1.54, 1.807) is 13.2 Å². The van der Waals surface area contributed by atoms with Gasteiger partial charge in [0.05, 0.1) is 7.11 Å². The highest BCUT2D eigenvalue weighted by molar-refractivity contribution is 6.31. The minimum atomic E-state index is 0.675. The van der Waals surface area contributed by atoms with E-state index in [9.17, 15) is 0 Å². The van der Waals surface area contributed by atoms with Crippen molar-refractivity contribution < 1.29 is 4.74 Å². The monoisotopic (exact) mass is 171 g/mol. The molecule has 3 heteroatoms. The Kier molecular flexibility index (Phi) is 2.60. The van der Waals surface area contributed by atoms with Crippen molar-refractivity contribution in [2.75, 3.05) is 19.5 Å². The molecule has 0 atom stereocenters. The number of hydrogen-bond donors (Lipinski definition) is 1. The maximum Gasteiger partial charge on any atom is 0.122 e. The predicted molar refractivity (Wildman–Crippen MR) is 47.6 cm³/mol.